The summed E-state index contributed by atoms with van der Waals surface area (Å²) in [5.41, 5.74) is 3.54. The van der Waals surface area contributed by atoms with Gasteiger partial charge in [0.25, 0.3) is 0 Å². The summed E-state index contributed by atoms with van der Waals surface area (Å²) < 4.78 is 5.06. The van der Waals surface area contributed by atoms with E-state index in [0.29, 0.717) is 11.7 Å². The Balaban J connectivity index is 2.18. The molecule has 0 radical (unpaired) electrons. The molecular weight excluding hydrogens is 294 g/mol. The number of nitrogens with zero attached hydrogens (tertiary/aromatic N) is 1. The minimum atomic E-state index is -0.787. The Morgan fingerprint density at radius 1 is 1.35 bits per heavy atom. The summed E-state index contributed by atoms with van der Waals surface area (Å²) in [7, 11) is 0. The second-order valence-corrected chi connectivity index (χ2v) is 5.71. The van der Waals surface area contributed by atoms with Crippen molar-refractivity contribution in [3.8, 4) is 0 Å². The van der Waals surface area contributed by atoms with Crippen LogP contribution >= 0.6 is 0 Å². The van der Waals surface area contributed by atoms with E-state index in [1.54, 1.807) is 18.3 Å². The maximum Gasteiger partial charge on any atom is 0.329 e. The Kier molecular flexibility index (Phi) is 8.42. The number of hydrazone groups is 1. The SMILES string of the molecule is CC(C)=CCC[C@H](C)C/C=N\NC(=O)C(=O)NCc1ccco1. The smallest absolute Gasteiger partial charge is 0.329 e. The minimum absolute atomic E-state index is 0.171. The predicted molar refractivity (Wildman–Crippen MR) is 89.6 cm³/mol. The van der Waals surface area contributed by atoms with E-state index in [2.05, 4.69) is 42.7 Å². The molecule has 1 atom stereocenters. The second-order valence-electron chi connectivity index (χ2n) is 5.71. The highest BCUT2D eigenvalue weighted by atomic mass is 16.3. The number of carbonyl (C=O) groups is 2. The van der Waals surface area contributed by atoms with E-state index in [0.717, 1.165) is 19.3 Å². The number of amides is 2. The first-order valence-corrected chi connectivity index (χ1v) is 7.74. The highest BCUT2D eigenvalue weighted by Crippen LogP contribution is 2.10. The summed E-state index contributed by atoms with van der Waals surface area (Å²) in [4.78, 5) is 23.0. The van der Waals surface area contributed by atoms with Crippen molar-refractivity contribution >= 4 is 18.0 Å². The zero-order valence-corrected chi connectivity index (χ0v) is 14.0. The Morgan fingerprint density at radius 3 is 2.78 bits per heavy atom. The summed E-state index contributed by atoms with van der Waals surface area (Å²) in [5.74, 6) is -0.473. The number of hydrogen-bond acceptors (Lipinski definition) is 4. The largest absolute Gasteiger partial charge is 0.467 e. The molecule has 1 aromatic rings. The van der Waals surface area contributed by atoms with Crippen LogP contribution in [0.5, 0.6) is 0 Å². The van der Waals surface area contributed by atoms with Crippen LogP contribution in [0.15, 0.2) is 39.6 Å². The van der Waals surface area contributed by atoms with Gasteiger partial charge in [0.05, 0.1) is 12.8 Å². The van der Waals surface area contributed by atoms with Crippen molar-refractivity contribution in [2.45, 2.75) is 46.6 Å². The zero-order valence-electron chi connectivity index (χ0n) is 14.0. The van der Waals surface area contributed by atoms with Crippen molar-refractivity contribution in [1.29, 1.82) is 0 Å². The van der Waals surface area contributed by atoms with Gasteiger partial charge in [-0.05, 0) is 51.2 Å². The summed E-state index contributed by atoms with van der Waals surface area (Å²) in [6, 6.07) is 3.43. The molecule has 2 amide bonds. The number of furan rings is 1. The summed E-state index contributed by atoms with van der Waals surface area (Å²) in [6.07, 6.45) is 8.20. The van der Waals surface area contributed by atoms with E-state index in [4.69, 9.17) is 4.42 Å². The molecule has 0 saturated carbocycles. The van der Waals surface area contributed by atoms with Crippen molar-refractivity contribution < 1.29 is 14.0 Å². The summed E-state index contributed by atoms with van der Waals surface area (Å²) in [6.45, 7) is 6.46. The summed E-state index contributed by atoms with van der Waals surface area (Å²) in [5, 5.41) is 6.24. The third kappa shape index (κ3) is 8.60. The van der Waals surface area contributed by atoms with Gasteiger partial charge >= 0.3 is 11.8 Å². The average Bonchev–Trinajstić information content (AvgIpc) is 3.02. The van der Waals surface area contributed by atoms with Crippen molar-refractivity contribution in [1.82, 2.24) is 10.7 Å². The van der Waals surface area contributed by atoms with Gasteiger partial charge in [-0.25, -0.2) is 5.43 Å². The van der Waals surface area contributed by atoms with Gasteiger partial charge in [-0.3, -0.25) is 9.59 Å². The topological polar surface area (TPSA) is 83.7 Å². The summed E-state index contributed by atoms with van der Waals surface area (Å²) >= 11 is 0. The molecule has 0 unspecified atom stereocenters. The molecule has 0 aliphatic heterocycles. The van der Waals surface area contributed by atoms with Crippen LogP contribution in [0.4, 0.5) is 0 Å². The number of carbonyl (C=O) groups excluding carboxylic acids is 2. The van der Waals surface area contributed by atoms with Crippen LogP contribution in [0.2, 0.25) is 0 Å². The molecule has 0 aromatic carbocycles. The molecule has 6 heteroatoms. The first kappa shape index (κ1) is 18.7. The number of rotatable bonds is 8. The molecule has 126 valence electrons. The molecule has 0 saturated heterocycles. The average molecular weight is 319 g/mol. The van der Waals surface area contributed by atoms with Gasteiger partial charge in [-0.1, -0.05) is 18.6 Å². The molecule has 23 heavy (non-hydrogen) atoms. The lowest BCUT2D eigenvalue weighted by molar-refractivity contribution is -0.139. The number of hydrogen-bond donors (Lipinski definition) is 2. The Morgan fingerprint density at radius 2 is 2.13 bits per heavy atom. The fourth-order valence-electron chi connectivity index (χ4n) is 1.82. The van der Waals surface area contributed by atoms with Gasteiger partial charge in [0.15, 0.2) is 0 Å². The molecular formula is C17H25N3O3. The van der Waals surface area contributed by atoms with Crippen LogP contribution in [0.25, 0.3) is 0 Å². The fraction of sp³-hybridized carbons (Fsp3) is 0.471. The lowest BCUT2D eigenvalue weighted by atomic mass is 10.0. The number of allylic oxidation sites excluding steroid dienone is 2. The molecule has 0 spiro atoms. The monoisotopic (exact) mass is 319 g/mol. The third-order valence-corrected chi connectivity index (χ3v) is 3.19. The van der Waals surface area contributed by atoms with E-state index in [9.17, 15) is 9.59 Å². The Labute approximate surface area is 137 Å². The molecule has 1 aromatic heterocycles. The lowest BCUT2D eigenvalue weighted by Gasteiger charge is -2.06. The molecule has 2 N–H and O–H groups in total. The van der Waals surface area contributed by atoms with E-state index in [1.165, 1.54) is 11.8 Å². The first-order chi connectivity index (χ1) is 11.0. The van der Waals surface area contributed by atoms with Crippen LogP contribution in [0.1, 0.15) is 45.8 Å². The van der Waals surface area contributed by atoms with Crippen LogP contribution in [0.3, 0.4) is 0 Å². The van der Waals surface area contributed by atoms with Crippen LogP contribution < -0.4 is 10.7 Å². The highest BCUT2D eigenvalue weighted by Gasteiger charge is 2.12. The van der Waals surface area contributed by atoms with Crippen molar-refractivity contribution in [2.24, 2.45) is 11.0 Å². The highest BCUT2D eigenvalue weighted by molar-refractivity contribution is 6.35. The maximum atomic E-state index is 11.5. The fourth-order valence-corrected chi connectivity index (χ4v) is 1.82. The standard InChI is InChI=1S/C17H25N3O3/c1-13(2)6-4-7-14(3)9-10-19-20-17(22)16(21)18-12-15-8-5-11-23-15/h5-6,8,10-11,14H,4,7,9,12H2,1-3H3,(H,18,21)(H,20,22)/b19-10-/t14-/m0/s1. The van der Waals surface area contributed by atoms with Gasteiger partial charge in [0.2, 0.25) is 0 Å². The zero-order chi connectivity index (χ0) is 17.1. The van der Waals surface area contributed by atoms with E-state index in [-0.39, 0.29) is 6.54 Å². The Bertz CT molecular complexity index is 543. The quantitative estimate of drug-likeness (QED) is 0.334. The predicted octanol–water partition coefficient (Wildman–Crippen LogP) is 2.77. The van der Waals surface area contributed by atoms with Crippen LogP contribution in [-0.2, 0) is 16.1 Å². The third-order valence-electron chi connectivity index (χ3n) is 3.19. The van der Waals surface area contributed by atoms with Gasteiger partial charge in [0, 0.05) is 6.21 Å². The van der Waals surface area contributed by atoms with Crippen molar-refractivity contribution in [3.63, 3.8) is 0 Å². The Hall–Kier alpha value is -2.37. The molecule has 0 aliphatic carbocycles. The van der Waals surface area contributed by atoms with Gasteiger partial charge in [0.1, 0.15) is 5.76 Å². The van der Waals surface area contributed by atoms with Gasteiger partial charge in [-0.2, -0.15) is 5.10 Å². The normalized spacial score (nSPS) is 12.0. The lowest BCUT2D eigenvalue weighted by Crippen LogP contribution is -2.37. The van der Waals surface area contributed by atoms with Crippen LogP contribution in [0, 0.1) is 5.92 Å². The molecule has 1 heterocycles. The van der Waals surface area contributed by atoms with Crippen molar-refractivity contribution in [3.05, 3.63) is 35.8 Å². The molecule has 1 rings (SSSR count). The van der Waals surface area contributed by atoms with Crippen LogP contribution in [-0.4, -0.2) is 18.0 Å². The van der Waals surface area contributed by atoms with E-state index < -0.39 is 11.8 Å². The first-order valence-electron chi connectivity index (χ1n) is 7.74. The van der Waals surface area contributed by atoms with Crippen molar-refractivity contribution in [2.75, 3.05) is 0 Å². The number of nitrogens with one attached hydrogen (secondary N) is 2. The molecule has 0 aliphatic rings. The second kappa shape index (κ2) is 10.4. The van der Waals surface area contributed by atoms with E-state index in [1.807, 2.05) is 0 Å². The molecule has 0 fully saturated rings. The minimum Gasteiger partial charge on any atom is -0.467 e. The maximum absolute atomic E-state index is 11.5. The van der Waals surface area contributed by atoms with Gasteiger partial charge < -0.3 is 9.73 Å². The van der Waals surface area contributed by atoms with Gasteiger partial charge in [-0.15, -0.1) is 0 Å². The molecule has 6 nitrogen and oxygen atoms in total. The molecule has 0 bridgehead atoms. The van der Waals surface area contributed by atoms with E-state index >= 15 is 0 Å².